The van der Waals surface area contributed by atoms with Crippen LogP contribution in [-0.4, -0.2) is 17.0 Å². The first-order valence-electron chi connectivity index (χ1n) is 6.09. The molecule has 4 nitrogen and oxygen atoms in total. The van der Waals surface area contributed by atoms with Gasteiger partial charge in [-0.05, 0) is 12.5 Å². The highest BCUT2D eigenvalue weighted by Gasteiger charge is 2.39. The Bertz CT molecular complexity index is 630. The van der Waals surface area contributed by atoms with E-state index in [1.807, 2.05) is 17.3 Å². The Hall–Kier alpha value is -2.23. The molecular weight excluding hydrogens is 226 g/mol. The Balaban J connectivity index is 1.86. The van der Waals surface area contributed by atoms with Crippen molar-refractivity contribution in [3.8, 4) is 0 Å². The zero-order valence-corrected chi connectivity index (χ0v) is 10.0. The summed E-state index contributed by atoms with van der Waals surface area (Å²) in [5.41, 5.74) is 5.86. The topological polar surface area (TPSA) is 44.4 Å². The molecule has 0 radical (unpaired) electrons. The van der Waals surface area contributed by atoms with Gasteiger partial charge in [0.15, 0.2) is 6.17 Å². The van der Waals surface area contributed by atoms with E-state index in [1.165, 1.54) is 16.8 Å². The summed E-state index contributed by atoms with van der Waals surface area (Å²) in [6.45, 7) is 2.09. The van der Waals surface area contributed by atoms with Crippen LogP contribution in [0.4, 0.5) is 0 Å². The number of benzene rings is 1. The molecule has 0 spiro atoms. The lowest BCUT2D eigenvalue weighted by molar-refractivity contribution is -0.124. The van der Waals surface area contributed by atoms with Crippen LogP contribution in [0.3, 0.4) is 0 Å². The molecule has 0 saturated heterocycles. The Morgan fingerprint density at radius 3 is 3.17 bits per heavy atom. The van der Waals surface area contributed by atoms with Crippen molar-refractivity contribution in [2.45, 2.75) is 19.5 Å². The summed E-state index contributed by atoms with van der Waals surface area (Å²) < 4.78 is 0. The van der Waals surface area contributed by atoms with Crippen molar-refractivity contribution in [2.75, 3.05) is 0 Å². The molecule has 1 amide bonds. The number of nitrogens with one attached hydrogen (secondary N) is 2. The number of nitrogens with zero attached hydrogens (tertiary/aromatic N) is 1. The van der Waals surface area contributed by atoms with Crippen LogP contribution < -0.4 is 10.6 Å². The van der Waals surface area contributed by atoms with Crippen LogP contribution in [0.1, 0.15) is 16.7 Å². The Morgan fingerprint density at radius 1 is 1.39 bits per heavy atom. The maximum atomic E-state index is 12.0. The summed E-state index contributed by atoms with van der Waals surface area (Å²) in [7, 11) is 0. The van der Waals surface area contributed by atoms with E-state index in [0.29, 0.717) is 0 Å². The van der Waals surface area contributed by atoms with E-state index in [1.54, 1.807) is 0 Å². The molecule has 1 unspecified atom stereocenters. The van der Waals surface area contributed by atoms with Crippen LogP contribution in [0, 0.1) is 6.92 Å². The van der Waals surface area contributed by atoms with Crippen molar-refractivity contribution in [1.82, 2.24) is 15.5 Å². The largest absolute Gasteiger partial charge is 0.362 e. The van der Waals surface area contributed by atoms with Crippen molar-refractivity contribution < 1.29 is 4.79 Å². The van der Waals surface area contributed by atoms with Crippen LogP contribution in [0.25, 0.3) is 5.70 Å². The van der Waals surface area contributed by atoms with Crippen molar-refractivity contribution in [3.05, 3.63) is 53.0 Å². The van der Waals surface area contributed by atoms with Crippen LogP contribution in [-0.2, 0) is 11.2 Å². The van der Waals surface area contributed by atoms with Crippen LogP contribution >= 0.6 is 0 Å². The molecule has 0 bridgehead atoms. The van der Waals surface area contributed by atoms with Crippen molar-refractivity contribution in [1.29, 1.82) is 0 Å². The van der Waals surface area contributed by atoms with E-state index in [-0.39, 0.29) is 12.1 Å². The normalized spacial score (nSPS) is 23.5. The molecule has 0 fully saturated rings. The molecule has 2 N–H and O–H groups in total. The van der Waals surface area contributed by atoms with E-state index in [4.69, 9.17) is 0 Å². The van der Waals surface area contributed by atoms with Gasteiger partial charge in [0.2, 0.25) is 0 Å². The van der Waals surface area contributed by atoms with Gasteiger partial charge in [-0.25, -0.2) is 0 Å². The fourth-order valence-corrected chi connectivity index (χ4v) is 2.92. The minimum Gasteiger partial charge on any atom is -0.362 e. The molecule has 3 aliphatic rings. The monoisotopic (exact) mass is 239 g/mol. The molecule has 90 valence electrons. The lowest BCUT2D eigenvalue weighted by Gasteiger charge is -2.31. The maximum Gasteiger partial charge on any atom is 0.268 e. The summed E-state index contributed by atoms with van der Waals surface area (Å²) >= 11 is 0. The first kappa shape index (κ1) is 9.76. The number of carbonyl (C=O) groups is 1. The molecule has 4 rings (SSSR count). The molecule has 0 saturated carbocycles. The van der Waals surface area contributed by atoms with Crippen LogP contribution in [0.15, 0.2) is 36.3 Å². The SMILES string of the molecule is Cc1ccc2c(c1)CC1=C2NC(=O)C2NC=CN12. The fraction of sp³-hybridized carbons (Fsp3) is 0.214. The predicted octanol–water partition coefficient (Wildman–Crippen LogP) is 1.05. The number of amides is 1. The number of carbonyl (C=O) groups excluding carboxylic acids is 1. The van der Waals surface area contributed by atoms with E-state index in [9.17, 15) is 4.79 Å². The highest BCUT2D eigenvalue weighted by Crippen LogP contribution is 2.37. The minimum absolute atomic E-state index is 0.00664. The molecule has 1 aromatic carbocycles. The van der Waals surface area contributed by atoms with Gasteiger partial charge in [-0.3, -0.25) is 4.79 Å². The second kappa shape index (κ2) is 3.16. The van der Waals surface area contributed by atoms with Crippen molar-refractivity contribution >= 4 is 11.6 Å². The average Bonchev–Trinajstić information content (AvgIpc) is 2.93. The highest BCUT2D eigenvalue weighted by molar-refractivity contribution is 5.96. The van der Waals surface area contributed by atoms with Gasteiger partial charge < -0.3 is 15.5 Å². The van der Waals surface area contributed by atoms with Gasteiger partial charge in [0.05, 0.1) is 5.70 Å². The molecular formula is C14H13N3O. The lowest BCUT2D eigenvalue weighted by Crippen LogP contribution is -2.51. The first-order valence-corrected chi connectivity index (χ1v) is 6.09. The summed E-state index contributed by atoms with van der Waals surface area (Å²) in [4.78, 5) is 14.0. The second-order valence-electron chi connectivity index (χ2n) is 4.94. The molecule has 1 atom stereocenters. The van der Waals surface area contributed by atoms with Gasteiger partial charge >= 0.3 is 0 Å². The summed E-state index contributed by atoms with van der Waals surface area (Å²) in [6, 6.07) is 6.38. The molecule has 0 aromatic heterocycles. The number of fused-ring (bicyclic) bond motifs is 4. The van der Waals surface area contributed by atoms with Crippen molar-refractivity contribution in [3.63, 3.8) is 0 Å². The average molecular weight is 239 g/mol. The van der Waals surface area contributed by atoms with Gasteiger partial charge in [0, 0.05) is 30.1 Å². The maximum absolute atomic E-state index is 12.0. The Labute approximate surface area is 105 Å². The number of aryl methyl sites for hydroxylation is 1. The first-order chi connectivity index (χ1) is 8.74. The zero-order chi connectivity index (χ0) is 12.3. The quantitative estimate of drug-likeness (QED) is 0.711. The third-order valence-electron chi connectivity index (χ3n) is 3.75. The Kier molecular flexibility index (Phi) is 1.71. The molecule has 1 aliphatic carbocycles. The molecule has 4 heteroatoms. The number of allylic oxidation sites excluding steroid dienone is 1. The van der Waals surface area contributed by atoms with Gasteiger partial charge in [-0.15, -0.1) is 0 Å². The van der Waals surface area contributed by atoms with Crippen LogP contribution in [0.5, 0.6) is 0 Å². The molecule has 2 aliphatic heterocycles. The highest BCUT2D eigenvalue weighted by atomic mass is 16.2. The standard InChI is InChI=1S/C14H13N3O/c1-8-2-3-10-9(6-8)7-11-12(10)16-14(18)13-15-4-5-17(11)13/h2-6,13,15H,7H2,1H3,(H,16,18). The lowest BCUT2D eigenvalue weighted by atomic mass is 10.1. The molecule has 2 heterocycles. The zero-order valence-electron chi connectivity index (χ0n) is 10.0. The van der Waals surface area contributed by atoms with Gasteiger partial charge in [-0.1, -0.05) is 23.8 Å². The summed E-state index contributed by atoms with van der Waals surface area (Å²) in [6.07, 6.45) is 4.38. The number of hydrogen-bond acceptors (Lipinski definition) is 3. The summed E-state index contributed by atoms with van der Waals surface area (Å²) in [5.74, 6) is 0.00664. The third-order valence-corrected chi connectivity index (χ3v) is 3.75. The summed E-state index contributed by atoms with van der Waals surface area (Å²) in [5, 5.41) is 6.08. The Morgan fingerprint density at radius 2 is 2.28 bits per heavy atom. The number of rotatable bonds is 0. The van der Waals surface area contributed by atoms with E-state index < -0.39 is 0 Å². The third kappa shape index (κ3) is 1.12. The predicted molar refractivity (Wildman–Crippen MR) is 67.8 cm³/mol. The van der Waals surface area contributed by atoms with E-state index in [0.717, 1.165) is 17.7 Å². The van der Waals surface area contributed by atoms with E-state index in [2.05, 4.69) is 35.8 Å². The van der Waals surface area contributed by atoms with Gasteiger partial charge in [0.25, 0.3) is 5.91 Å². The molecule has 1 aromatic rings. The van der Waals surface area contributed by atoms with Crippen molar-refractivity contribution in [2.24, 2.45) is 0 Å². The van der Waals surface area contributed by atoms with E-state index >= 15 is 0 Å². The van der Waals surface area contributed by atoms with Crippen LogP contribution in [0.2, 0.25) is 0 Å². The fourth-order valence-electron chi connectivity index (χ4n) is 2.92. The number of hydrogen-bond donors (Lipinski definition) is 2. The van der Waals surface area contributed by atoms with Gasteiger partial charge in [0.1, 0.15) is 0 Å². The molecule has 18 heavy (non-hydrogen) atoms. The smallest absolute Gasteiger partial charge is 0.268 e. The van der Waals surface area contributed by atoms with Gasteiger partial charge in [-0.2, -0.15) is 0 Å². The second-order valence-corrected chi connectivity index (χ2v) is 4.94. The minimum atomic E-state index is -0.279.